The molecule has 0 fully saturated rings. The Labute approximate surface area is 108 Å². The van der Waals surface area contributed by atoms with Crippen LogP contribution in [0.15, 0.2) is 0 Å². The molecule has 0 saturated heterocycles. The molecule has 0 aliphatic carbocycles. The third-order valence-electron chi connectivity index (χ3n) is 3.33. The van der Waals surface area contributed by atoms with Crippen LogP contribution < -0.4 is 0 Å². The van der Waals surface area contributed by atoms with Crippen LogP contribution in [0.4, 0.5) is 0 Å². The first-order valence-electron chi connectivity index (χ1n) is 7.47. The molecule has 2 atom stereocenters. The Balaban J connectivity index is 3.91. The van der Waals surface area contributed by atoms with Crippen LogP contribution in [0.5, 0.6) is 0 Å². The van der Waals surface area contributed by atoms with E-state index in [1.54, 1.807) is 0 Å². The number of ether oxygens (including phenoxy) is 2. The standard InChI is InChI=1S/C15H32O2/c1-5-9-10-14(6-2)13-15(17-8-4)11-12-16-7-3/h14-15H,5-13H2,1-4H3. The quantitative estimate of drug-likeness (QED) is 0.473. The maximum Gasteiger partial charge on any atom is 0.0599 e. The first kappa shape index (κ1) is 16.9. The van der Waals surface area contributed by atoms with Gasteiger partial charge in [-0.25, -0.2) is 0 Å². The minimum Gasteiger partial charge on any atom is -0.382 e. The summed E-state index contributed by atoms with van der Waals surface area (Å²) in [5.41, 5.74) is 0. The van der Waals surface area contributed by atoms with Crippen LogP contribution in [-0.2, 0) is 9.47 Å². The minimum atomic E-state index is 0.397. The SMILES string of the molecule is CCCCC(CC)CC(CCOCC)OCC. The summed E-state index contributed by atoms with van der Waals surface area (Å²) in [6.45, 7) is 11.2. The lowest BCUT2D eigenvalue weighted by molar-refractivity contribution is 0.0145. The Morgan fingerprint density at radius 1 is 0.941 bits per heavy atom. The second-order valence-electron chi connectivity index (χ2n) is 4.72. The maximum absolute atomic E-state index is 5.82. The van der Waals surface area contributed by atoms with E-state index < -0.39 is 0 Å². The molecule has 0 aromatic rings. The van der Waals surface area contributed by atoms with Crippen molar-refractivity contribution in [1.29, 1.82) is 0 Å². The molecule has 0 heterocycles. The highest BCUT2D eigenvalue weighted by molar-refractivity contribution is 4.66. The molecule has 0 radical (unpaired) electrons. The smallest absolute Gasteiger partial charge is 0.0599 e. The highest BCUT2D eigenvalue weighted by Crippen LogP contribution is 2.21. The van der Waals surface area contributed by atoms with Gasteiger partial charge in [-0.2, -0.15) is 0 Å². The average molecular weight is 244 g/mol. The van der Waals surface area contributed by atoms with E-state index in [1.807, 2.05) is 6.92 Å². The van der Waals surface area contributed by atoms with Crippen LogP contribution in [0.1, 0.15) is 66.2 Å². The van der Waals surface area contributed by atoms with Gasteiger partial charge in [0.25, 0.3) is 0 Å². The number of hydrogen-bond acceptors (Lipinski definition) is 2. The molecule has 0 aromatic heterocycles. The van der Waals surface area contributed by atoms with Gasteiger partial charge in [-0.15, -0.1) is 0 Å². The van der Waals surface area contributed by atoms with Crippen LogP contribution in [0.2, 0.25) is 0 Å². The second-order valence-corrected chi connectivity index (χ2v) is 4.72. The van der Waals surface area contributed by atoms with Crippen molar-refractivity contribution in [2.24, 2.45) is 5.92 Å². The van der Waals surface area contributed by atoms with E-state index in [0.29, 0.717) is 6.10 Å². The van der Waals surface area contributed by atoms with Crippen molar-refractivity contribution in [3.8, 4) is 0 Å². The number of unbranched alkanes of at least 4 members (excludes halogenated alkanes) is 1. The van der Waals surface area contributed by atoms with E-state index in [0.717, 1.165) is 32.2 Å². The van der Waals surface area contributed by atoms with Gasteiger partial charge in [0.2, 0.25) is 0 Å². The third-order valence-corrected chi connectivity index (χ3v) is 3.33. The van der Waals surface area contributed by atoms with Gasteiger partial charge < -0.3 is 9.47 Å². The van der Waals surface area contributed by atoms with Gasteiger partial charge in [0.1, 0.15) is 0 Å². The highest BCUT2D eigenvalue weighted by Gasteiger charge is 2.15. The molecule has 2 unspecified atom stereocenters. The van der Waals surface area contributed by atoms with Gasteiger partial charge >= 0.3 is 0 Å². The monoisotopic (exact) mass is 244 g/mol. The van der Waals surface area contributed by atoms with Crippen molar-refractivity contribution in [3.05, 3.63) is 0 Å². The number of hydrogen-bond donors (Lipinski definition) is 0. The van der Waals surface area contributed by atoms with Gasteiger partial charge in [0.05, 0.1) is 6.10 Å². The average Bonchev–Trinajstić information content (AvgIpc) is 2.34. The van der Waals surface area contributed by atoms with Gasteiger partial charge in [-0.05, 0) is 32.6 Å². The molecule has 2 nitrogen and oxygen atoms in total. The zero-order chi connectivity index (χ0) is 12.9. The zero-order valence-electron chi connectivity index (χ0n) is 12.3. The van der Waals surface area contributed by atoms with E-state index in [4.69, 9.17) is 9.47 Å². The molecule has 17 heavy (non-hydrogen) atoms. The van der Waals surface area contributed by atoms with E-state index in [1.165, 1.54) is 32.1 Å². The molecular weight excluding hydrogens is 212 g/mol. The summed E-state index contributed by atoms with van der Waals surface area (Å²) in [6.07, 6.45) is 7.93. The topological polar surface area (TPSA) is 18.5 Å². The van der Waals surface area contributed by atoms with Gasteiger partial charge in [-0.1, -0.05) is 39.5 Å². The third kappa shape index (κ3) is 9.61. The van der Waals surface area contributed by atoms with Crippen molar-refractivity contribution in [2.45, 2.75) is 72.3 Å². The molecule has 104 valence electrons. The molecule has 0 aliphatic rings. The Hall–Kier alpha value is -0.0800. The fraction of sp³-hybridized carbons (Fsp3) is 1.00. The summed E-state index contributed by atoms with van der Waals surface area (Å²) in [7, 11) is 0. The predicted molar refractivity (Wildman–Crippen MR) is 74.4 cm³/mol. The van der Waals surface area contributed by atoms with Crippen LogP contribution in [-0.4, -0.2) is 25.9 Å². The van der Waals surface area contributed by atoms with Crippen molar-refractivity contribution in [2.75, 3.05) is 19.8 Å². The highest BCUT2D eigenvalue weighted by atomic mass is 16.5. The van der Waals surface area contributed by atoms with Crippen molar-refractivity contribution in [1.82, 2.24) is 0 Å². The Morgan fingerprint density at radius 2 is 1.71 bits per heavy atom. The van der Waals surface area contributed by atoms with Gasteiger partial charge in [0, 0.05) is 19.8 Å². The van der Waals surface area contributed by atoms with E-state index in [2.05, 4.69) is 20.8 Å². The molecular formula is C15H32O2. The fourth-order valence-electron chi connectivity index (χ4n) is 2.22. The van der Waals surface area contributed by atoms with Crippen molar-refractivity contribution >= 4 is 0 Å². The van der Waals surface area contributed by atoms with Crippen molar-refractivity contribution < 1.29 is 9.47 Å². The fourth-order valence-corrected chi connectivity index (χ4v) is 2.22. The molecule has 0 aliphatic heterocycles. The summed E-state index contributed by atoms with van der Waals surface area (Å²) < 4.78 is 11.2. The lowest BCUT2D eigenvalue weighted by Gasteiger charge is -2.22. The summed E-state index contributed by atoms with van der Waals surface area (Å²) in [6, 6.07) is 0. The molecule has 0 spiro atoms. The normalized spacial score (nSPS) is 14.8. The van der Waals surface area contributed by atoms with Gasteiger partial charge in [-0.3, -0.25) is 0 Å². The summed E-state index contributed by atoms with van der Waals surface area (Å²) in [5, 5.41) is 0. The molecule has 0 amide bonds. The molecule has 0 N–H and O–H groups in total. The van der Waals surface area contributed by atoms with Crippen LogP contribution >= 0.6 is 0 Å². The van der Waals surface area contributed by atoms with E-state index in [-0.39, 0.29) is 0 Å². The molecule has 0 saturated carbocycles. The summed E-state index contributed by atoms with van der Waals surface area (Å²) >= 11 is 0. The Morgan fingerprint density at radius 3 is 2.24 bits per heavy atom. The van der Waals surface area contributed by atoms with Crippen LogP contribution in [0, 0.1) is 5.92 Å². The zero-order valence-corrected chi connectivity index (χ0v) is 12.3. The Kier molecular flexibility index (Phi) is 12.3. The summed E-state index contributed by atoms with van der Waals surface area (Å²) in [5.74, 6) is 0.827. The van der Waals surface area contributed by atoms with E-state index >= 15 is 0 Å². The molecule has 0 aromatic carbocycles. The minimum absolute atomic E-state index is 0.397. The first-order valence-corrected chi connectivity index (χ1v) is 7.47. The molecule has 0 bridgehead atoms. The second kappa shape index (κ2) is 12.4. The van der Waals surface area contributed by atoms with Crippen LogP contribution in [0.3, 0.4) is 0 Å². The lowest BCUT2D eigenvalue weighted by Crippen LogP contribution is -2.20. The summed E-state index contributed by atoms with van der Waals surface area (Å²) in [4.78, 5) is 0. The van der Waals surface area contributed by atoms with Gasteiger partial charge in [0.15, 0.2) is 0 Å². The number of rotatable bonds is 12. The first-order chi connectivity index (χ1) is 8.28. The van der Waals surface area contributed by atoms with E-state index in [9.17, 15) is 0 Å². The predicted octanol–water partition coefficient (Wildman–Crippen LogP) is 4.42. The Bertz CT molecular complexity index is 148. The molecule has 2 heteroatoms. The largest absolute Gasteiger partial charge is 0.382 e. The maximum atomic E-state index is 5.82. The van der Waals surface area contributed by atoms with Crippen molar-refractivity contribution in [3.63, 3.8) is 0 Å². The lowest BCUT2D eigenvalue weighted by atomic mass is 9.92. The molecule has 0 rings (SSSR count). The van der Waals surface area contributed by atoms with Crippen LogP contribution in [0.25, 0.3) is 0 Å².